The van der Waals surface area contributed by atoms with Gasteiger partial charge in [-0.05, 0) is 17.7 Å². The summed E-state index contributed by atoms with van der Waals surface area (Å²) in [4.78, 5) is 25.4. The number of hydrogen-bond acceptors (Lipinski definition) is 7. The SMILES string of the molecule is CCC(=O)c1ccccc1Oc1nc(CN2CCOCC2)nc2scc(-c3ccccc3)c12. The number of thiophene rings is 1. The molecule has 0 unspecified atom stereocenters. The van der Waals surface area contributed by atoms with Gasteiger partial charge in [-0.1, -0.05) is 49.4 Å². The largest absolute Gasteiger partial charge is 0.437 e. The molecule has 2 aromatic carbocycles. The lowest BCUT2D eigenvalue weighted by atomic mass is 10.1. The second kappa shape index (κ2) is 9.79. The van der Waals surface area contributed by atoms with Gasteiger partial charge in [0.2, 0.25) is 5.88 Å². The van der Waals surface area contributed by atoms with E-state index >= 15 is 0 Å². The molecule has 0 aliphatic carbocycles. The summed E-state index contributed by atoms with van der Waals surface area (Å²) in [5.74, 6) is 1.75. The Morgan fingerprint density at radius 2 is 1.82 bits per heavy atom. The summed E-state index contributed by atoms with van der Waals surface area (Å²) in [5.41, 5.74) is 2.68. The van der Waals surface area contributed by atoms with E-state index in [0.29, 0.717) is 36.0 Å². The smallest absolute Gasteiger partial charge is 0.232 e. The molecule has 1 fully saturated rings. The number of carbonyl (C=O) groups excluding carboxylic acids is 1. The fraction of sp³-hybridized carbons (Fsp3) is 0.269. The van der Waals surface area contributed by atoms with Gasteiger partial charge in [-0.25, -0.2) is 4.98 Å². The Morgan fingerprint density at radius 3 is 2.61 bits per heavy atom. The highest BCUT2D eigenvalue weighted by molar-refractivity contribution is 7.17. The third-order valence-electron chi connectivity index (χ3n) is 5.72. The van der Waals surface area contributed by atoms with Crippen LogP contribution in [-0.4, -0.2) is 47.0 Å². The van der Waals surface area contributed by atoms with E-state index in [1.165, 1.54) is 0 Å². The Hall–Kier alpha value is -3.13. The maximum Gasteiger partial charge on any atom is 0.232 e. The Bertz CT molecular complexity index is 1270. The summed E-state index contributed by atoms with van der Waals surface area (Å²) < 4.78 is 11.9. The maximum absolute atomic E-state index is 12.5. The topological polar surface area (TPSA) is 64.5 Å². The maximum atomic E-state index is 12.5. The molecule has 0 N–H and O–H groups in total. The molecule has 0 atom stereocenters. The van der Waals surface area contributed by atoms with Crippen LogP contribution in [0.1, 0.15) is 29.5 Å². The number of nitrogens with zero attached hydrogens (tertiary/aromatic N) is 3. The van der Waals surface area contributed by atoms with Crippen molar-refractivity contribution in [3.05, 3.63) is 71.4 Å². The Balaban J connectivity index is 1.61. The molecule has 2 aromatic heterocycles. The average Bonchev–Trinajstić information content (AvgIpc) is 3.29. The van der Waals surface area contributed by atoms with Crippen LogP contribution >= 0.6 is 11.3 Å². The van der Waals surface area contributed by atoms with Crippen molar-refractivity contribution in [1.82, 2.24) is 14.9 Å². The van der Waals surface area contributed by atoms with Crippen LogP contribution < -0.4 is 4.74 Å². The third-order valence-corrected chi connectivity index (χ3v) is 6.59. The number of morpholine rings is 1. The number of ether oxygens (including phenoxy) is 2. The predicted molar refractivity (Wildman–Crippen MR) is 130 cm³/mol. The minimum atomic E-state index is 0.0399. The van der Waals surface area contributed by atoms with E-state index in [4.69, 9.17) is 19.4 Å². The second-order valence-corrected chi connectivity index (χ2v) is 8.76. The van der Waals surface area contributed by atoms with Gasteiger partial charge in [0.25, 0.3) is 0 Å². The van der Waals surface area contributed by atoms with Crippen molar-refractivity contribution in [1.29, 1.82) is 0 Å². The zero-order valence-electron chi connectivity index (χ0n) is 18.5. The molecule has 33 heavy (non-hydrogen) atoms. The zero-order chi connectivity index (χ0) is 22.6. The lowest BCUT2D eigenvalue weighted by Crippen LogP contribution is -2.36. The first-order valence-corrected chi connectivity index (χ1v) is 12.0. The fourth-order valence-electron chi connectivity index (χ4n) is 3.97. The lowest BCUT2D eigenvalue weighted by molar-refractivity contribution is 0.0330. The molecule has 0 radical (unpaired) electrons. The van der Waals surface area contributed by atoms with E-state index in [9.17, 15) is 4.79 Å². The van der Waals surface area contributed by atoms with E-state index < -0.39 is 0 Å². The Morgan fingerprint density at radius 1 is 1.06 bits per heavy atom. The van der Waals surface area contributed by atoms with Gasteiger partial charge in [0.1, 0.15) is 16.4 Å². The monoisotopic (exact) mass is 459 g/mol. The molecular formula is C26H25N3O3S. The van der Waals surface area contributed by atoms with Crippen molar-refractivity contribution >= 4 is 27.3 Å². The van der Waals surface area contributed by atoms with Gasteiger partial charge >= 0.3 is 0 Å². The first-order valence-electron chi connectivity index (χ1n) is 11.2. The molecule has 6 nitrogen and oxygen atoms in total. The van der Waals surface area contributed by atoms with Crippen LogP contribution in [0.4, 0.5) is 0 Å². The van der Waals surface area contributed by atoms with Gasteiger partial charge < -0.3 is 9.47 Å². The van der Waals surface area contributed by atoms with E-state index in [1.54, 1.807) is 17.4 Å². The molecule has 5 rings (SSSR count). The van der Waals surface area contributed by atoms with E-state index in [-0.39, 0.29) is 5.78 Å². The van der Waals surface area contributed by atoms with Crippen LogP contribution in [0.2, 0.25) is 0 Å². The van der Waals surface area contributed by atoms with Crippen molar-refractivity contribution < 1.29 is 14.3 Å². The standard InChI is InChI=1S/C26H25N3O3S/c1-2-21(30)19-10-6-7-11-22(19)32-25-24-20(18-8-4-3-5-9-18)17-33-26(24)28-23(27-25)16-29-12-14-31-15-13-29/h3-11,17H,2,12-16H2,1H3. The number of hydrogen-bond donors (Lipinski definition) is 0. The molecule has 3 heterocycles. The third kappa shape index (κ3) is 4.66. The van der Waals surface area contributed by atoms with Crippen molar-refractivity contribution in [3.8, 4) is 22.8 Å². The molecule has 0 saturated carbocycles. The highest BCUT2D eigenvalue weighted by Crippen LogP contribution is 2.40. The minimum absolute atomic E-state index is 0.0399. The van der Waals surface area contributed by atoms with Gasteiger partial charge in [-0.15, -0.1) is 11.3 Å². The van der Waals surface area contributed by atoms with Crippen LogP contribution in [-0.2, 0) is 11.3 Å². The normalized spacial score (nSPS) is 14.5. The van der Waals surface area contributed by atoms with Crippen molar-refractivity contribution in [2.45, 2.75) is 19.9 Å². The van der Waals surface area contributed by atoms with Crippen molar-refractivity contribution in [2.24, 2.45) is 0 Å². The van der Waals surface area contributed by atoms with Gasteiger partial charge in [0.05, 0.1) is 30.7 Å². The molecule has 7 heteroatoms. The van der Waals surface area contributed by atoms with Crippen LogP contribution in [0.5, 0.6) is 11.6 Å². The van der Waals surface area contributed by atoms with Crippen molar-refractivity contribution in [3.63, 3.8) is 0 Å². The van der Waals surface area contributed by atoms with Crippen LogP contribution in [0.3, 0.4) is 0 Å². The highest BCUT2D eigenvalue weighted by Gasteiger charge is 2.21. The molecule has 0 bridgehead atoms. The Kier molecular flexibility index (Phi) is 6.44. The summed E-state index contributed by atoms with van der Waals surface area (Å²) in [6, 6.07) is 17.5. The number of rotatable bonds is 7. The fourth-order valence-corrected chi connectivity index (χ4v) is 4.92. The summed E-state index contributed by atoms with van der Waals surface area (Å²) in [6.45, 7) is 5.62. The number of aromatic nitrogens is 2. The number of ketones is 1. The highest BCUT2D eigenvalue weighted by atomic mass is 32.1. The summed E-state index contributed by atoms with van der Waals surface area (Å²) >= 11 is 1.58. The first-order chi connectivity index (χ1) is 16.2. The van der Waals surface area contributed by atoms with Crippen LogP contribution in [0.25, 0.3) is 21.3 Å². The number of carbonyl (C=O) groups is 1. The minimum Gasteiger partial charge on any atom is -0.437 e. The van der Waals surface area contributed by atoms with Crippen LogP contribution in [0, 0.1) is 0 Å². The number of para-hydroxylation sites is 1. The molecular weight excluding hydrogens is 434 g/mol. The number of fused-ring (bicyclic) bond motifs is 1. The Labute approximate surface area is 196 Å². The summed E-state index contributed by atoms with van der Waals surface area (Å²) in [5, 5.41) is 2.97. The molecule has 1 aliphatic rings. The van der Waals surface area contributed by atoms with E-state index in [1.807, 2.05) is 43.3 Å². The zero-order valence-corrected chi connectivity index (χ0v) is 19.3. The van der Waals surface area contributed by atoms with Crippen LogP contribution in [0.15, 0.2) is 60.0 Å². The number of benzene rings is 2. The van der Waals surface area contributed by atoms with Crippen molar-refractivity contribution in [2.75, 3.05) is 26.3 Å². The summed E-state index contributed by atoms with van der Waals surface area (Å²) in [6.07, 6.45) is 0.412. The number of Topliss-reactive ketones (excluding diaryl/α,β-unsaturated/α-hetero) is 1. The van der Waals surface area contributed by atoms with E-state index in [0.717, 1.165) is 47.6 Å². The molecule has 1 saturated heterocycles. The predicted octanol–water partition coefficient (Wildman–Crippen LogP) is 5.58. The molecule has 0 amide bonds. The first kappa shape index (κ1) is 21.7. The summed E-state index contributed by atoms with van der Waals surface area (Å²) in [7, 11) is 0. The van der Waals surface area contributed by atoms with Gasteiger partial charge in [0, 0.05) is 30.5 Å². The molecule has 0 spiro atoms. The molecule has 4 aromatic rings. The van der Waals surface area contributed by atoms with Gasteiger partial charge in [0.15, 0.2) is 5.78 Å². The van der Waals surface area contributed by atoms with E-state index in [2.05, 4.69) is 22.4 Å². The van der Waals surface area contributed by atoms with Gasteiger partial charge in [-0.2, -0.15) is 4.98 Å². The lowest BCUT2D eigenvalue weighted by Gasteiger charge is -2.25. The quantitative estimate of drug-likeness (QED) is 0.336. The molecule has 168 valence electrons. The average molecular weight is 460 g/mol. The molecule has 1 aliphatic heterocycles. The second-order valence-electron chi connectivity index (χ2n) is 7.90. The van der Waals surface area contributed by atoms with Gasteiger partial charge in [-0.3, -0.25) is 9.69 Å².